The summed E-state index contributed by atoms with van der Waals surface area (Å²) in [5, 5.41) is 9.70. The molecule has 0 aromatic heterocycles. The molecule has 0 spiro atoms. The molecule has 1 atom stereocenters. The lowest BCUT2D eigenvalue weighted by Gasteiger charge is -2.18. The molecule has 0 amide bonds. The van der Waals surface area contributed by atoms with Crippen LogP contribution in [0.5, 0.6) is 0 Å². The van der Waals surface area contributed by atoms with Crippen molar-refractivity contribution < 1.29 is 5.11 Å². The SMILES string of the molecule is OCC1CSC2=C(SC(=C3SC4=C(SCCS4)S3)S2)S1. The van der Waals surface area contributed by atoms with Crippen LogP contribution in [0.3, 0.4) is 0 Å². The Balaban J connectivity index is 1.49. The quantitative estimate of drug-likeness (QED) is 0.582. The molecule has 4 aliphatic heterocycles. The maximum absolute atomic E-state index is 9.32. The maximum atomic E-state index is 9.32. The van der Waals surface area contributed by atoms with Crippen molar-refractivity contribution in [3.8, 4) is 0 Å². The van der Waals surface area contributed by atoms with Crippen molar-refractivity contribution in [3.05, 3.63) is 25.4 Å². The van der Waals surface area contributed by atoms with E-state index in [1.807, 2.05) is 94.1 Å². The molecule has 20 heavy (non-hydrogen) atoms. The Hall–Kier alpha value is 1.98. The van der Waals surface area contributed by atoms with Gasteiger partial charge in [-0.25, -0.2) is 0 Å². The Morgan fingerprint density at radius 1 is 0.750 bits per heavy atom. The van der Waals surface area contributed by atoms with Crippen LogP contribution >= 0.6 is 94.1 Å². The Kier molecular flexibility index (Phi) is 5.31. The van der Waals surface area contributed by atoms with Crippen molar-refractivity contribution in [1.82, 2.24) is 0 Å². The van der Waals surface area contributed by atoms with E-state index in [2.05, 4.69) is 0 Å². The molecule has 0 saturated carbocycles. The number of thioether (sulfide) groups is 8. The fourth-order valence-corrected chi connectivity index (χ4v) is 14.2. The zero-order valence-corrected chi connectivity index (χ0v) is 16.7. The van der Waals surface area contributed by atoms with Gasteiger partial charge in [0.2, 0.25) is 0 Å². The molecule has 9 heteroatoms. The highest BCUT2D eigenvalue weighted by atomic mass is 32.3. The number of rotatable bonds is 1. The van der Waals surface area contributed by atoms with Gasteiger partial charge in [-0.2, -0.15) is 0 Å². The molecule has 0 fully saturated rings. The lowest BCUT2D eigenvalue weighted by atomic mass is 10.5. The van der Waals surface area contributed by atoms with Gasteiger partial charge in [-0.15, -0.1) is 47.0 Å². The molecular weight excluding hydrogens is 405 g/mol. The summed E-state index contributed by atoms with van der Waals surface area (Å²) in [6.07, 6.45) is 0. The highest BCUT2D eigenvalue weighted by Crippen LogP contribution is 2.68. The molecule has 108 valence electrons. The molecule has 4 heterocycles. The third-order valence-electron chi connectivity index (χ3n) is 2.67. The molecule has 0 radical (unpaired) electrons. The minimum atomic E-state index is 0.290. The lowest BCUT2D eigenvalue weighted by Crippen LogP contribution is -2.13. The van der Waals surface area contributed by atoms with Crippen molar-refractivity contribution >= 4 is 94.1 Å². The molecule has 0 bridgehead atoms. The molecule has 0 aromatic rings. The van der Waals surface area contributed by atoms with E-state index in [0.29, 0.717) is 5.25 Å². The Morgan fingerprint density at radius 3 is 1.90 bits per heavy atom. The van der Waals surface area contributed by atoms with Crippen LogP contribution < -0.4 is 0 Å². The van der Waals surface area contributed by atoms with Crippen LogP contribution in [-0.2, 0) is 0 Å². The average Bonchev–Trinajstić information content (AvgIpc) is 3.09. The summed E-state index contributed by atoms with van der Waals surface area (Å²) in [6, 6.07) is 0. The van der Waals surface area contributed by atoms with E-state index in [0.717, 1.165) is 5.75 Å². The van der Waals surface area contributed by atoms with Crippen molar-refractivity contribution in [2.24, 2.45) is 0 Å². The molecule has 1 unspecified atom stereocenters. The largest absolute Gasteiger partial charge is 0.395 e. The van der Waals surface area contributed by atoms with Gasteiger partial charge in [0.15, 0.2) is 0 Å². The summed E-state index contributed by atoms with van der Waals surface area (Å²) < 4.78 is 8.85. The summed E-state index contributed by atoms with van der Waals surface area (Å²) in [5.74, 6) is 3.54. The van der Waals surface area contributed by atoms with E-state index in [4.69, 9.17) is 0 Å². The molecule has 0 aromatic carbocycles. The van der Waals surface area contributed by atoms with Crippen LogP contribution in [0.4, 0.5) is 0 Å². The predicted molar refractivity (Wildman–Crippen MR) is 107 cm³/mol. The summed E-state index contributed by atoms with van der Waals surface area (Å²) in [6.45, 7) is 0.290. The van der Waals surface area contributed by atoms with Crippen LogP contribution in [0.1, 0.15) is 0 Å². The number of hydrogen-bond donors (Lipinski definition) is 1. The first kappa shape index (κ1) is 15.5. The van der Waals surface area contributed by atoms with E-state index < -0.39 is 0 Å². The Bertz CT molecular complexity index is 517. The topological polar surface area (TPSA) is 20.2 Å². The summed E-state index contributed by atoms with van der Waals surface area (Å²) >= 11 is 15.6. The second kappa shape index (κ2) is 6.84. The van der Waals surface area contributed by atoms with Crippen LogP contribution in [-0.4, -0.2) is 34.2 Å². The normalized spacial score (nSPS) is 30.1. The van der Waals surface area contributed by atoms with Crippen molar-refractivity contribution in [3.63, 3.8) is 0 Å². The van der Waals surface area contributed by atoms with Crippen LogP contribution in [0.25, 0.3) is 0 Å². The molecule has 1 nitrogen and oxygen atoms in total. The van der Waals surface area contributed by atoms with E-state index in [1.54, 1.807) is 0 Å². The number of aliphatic hydroxyl groups is 1. The zero-order chi connectivity index (χ0) is 13.5. The monoisotopic (exact) mass is 414 g/mol. The van der Waals surface area contributed by atoms with E-state index >= 15 is 0 Å². The Labute approximate surface area is 152 Å². The molecule has 4 rings (SSSR count). The van der Waals surface area contributed by atoms with Crippen molar-refractivity contribution in [1.29, 1.82) is 0 Å². The van der Waals surface area contributed by atoms with Gasteiger partial charge < -0.3 is 5.11 Å². The third-order valence-corrected chi connectivity index (χ3v) is 15.0. The smallest absolute Gasteiger partial charge is 0.0717 e. The van der Waals surface area contributed by atoms with Gasteiger partial charge >= 0.3 is 0 Å². The summed E-state index contributed by atoms with van der Waals surface area (Å²) in [5.41, 5.74) is 0. The summed E-state index contributed by atoms with van der Waals surface area (Å²) in [7, 11) is 0. The van der Waals surface area contributed by atoms with Gasteiger partial charge in [-0.05, 0) is 0 Å². The average molecular weight is 415 g/mol. The van der Waals surface area contributed by atoms with Crippen LogP contribution in [0.2, 0.25) is 0 Å². The number of aliphatic hydroxyl groups excluding tert-OH is 1. The summed E-state index contributed by atoms with van der Waals surface area (Å²) in [4.78, 5) is 0. The van der Waals surface area contributed by atoms with Gasteiger partial charge in [0.25, 0.3) is 0 Å². The zero-order valence-electron chi connectivity index (χ0n) is 10.1. The van der Waals surface area contributed by atoms with Crippen LogP contribution in [0.15, 0.2) is 25.4 Å². The molecule has 1 N–H and O–H groups in total. The molecule has 4 aliphatic rings. The molecular formula is C11H10OS8. The minimum Gasteiger partial charge on any atom is -0.395 e. The standard InChI is InChI=1S/C11H10OS8/c12-3-5-4-15-8-9(16-5)20-11(19-8)10-17-6-7(18-10)14-2-1-13-6/h5,12H,1-4H2. The molecule has 0 saturated heterocycles. The van der Waals surface area contributed by atoms with E-state index in [-0.39, 0.29) is 6.61 Å². The highest BCUT2D eigenvalue weighted by Gasteiger charge is 2.34. The second-order valence-electron chi connectivity index (χ2n) is 4.06. The Morgan fingerprint density at radius 2 is 1.30 bits per heavy atom. The number of hydrogen-bond acceptors (Lipinski definition) is 9. The van der Waals surface area contributed by atoms with Crippen molar-refractivity contribution in [2.75, 3.05) is 23.9 Å². The first-order valence-corrected chi connectivity index (χ1v) is 13.0. The first-order valence-electron chi connectivity index (χ1n) is 5.93. The van der Waals surface area contributed by atoms with Gasteiger partial charge in [0.05, 0.1) is 32.0 Å². The fraction of sp³-hybridized carbons (Fsp3) is 0.455. The maximum Gasteiger partial charge on any atom is 0.0717 e. The molecule has 0 aliphatic carbocycles. The second-order valence-corrected chi connectivity index (χ2v) is 14.2. The van der Waals surface area contributed by atoms with Gasteiger partial charge in [-0.3, -0.25) is 0 Å². The van der Waals surface area contributed by atoms with Gasteiger partial charge in [-0.1, -0.05) is 47.0 Å². The van der Waals surface area contributed by atoms with E-state index in [1.165, 1.54) is 36.9 Å². The van der Waals surface area contributed by atoms with Gasteiger partial charge in [0.1, 0.15) is 0 Å². The fourth-order valence-electron chi connectivity index (χ4n) is 1.76. The lowest BCUT2D eigenvalue weighted by molar-refractivity contribution is 0.301. The van der Waals surface area contributed by atoms with E-state index in [9.17, 15) is 5.11 Å². The predicted octanol–water partition coefficient (Wildman–Crippen LogP) is 5.65. The third kappa shape index (κ3) is 3.13. The minimum absolute atomic E-state index is 0.290. The van der Waals surface area contributed by atoms with Crippen LogP contribution in [0, 0.1) is 0 Å². The van der Waals surface area contributed by atoms with Crippen molar-refractivity contribution in [2.45, 2.75) is 5.25 Å². The highest BCUT2D eigenvalue weighted by molar-refractivity contribution is 8.45. The first-order chi connectivity index (χ1) is 9.83. The van der Waals surface area contributed by atoms with Gasteiger partial charge in [0, 0.05) is 22.5 Å².